The third-order valence-corrected chi connectivity index (χ3v) is 2.53. The predicted molar refractivity (Wildman–Crippen MR) is 53.2 cm³/mol. The zero-order chi connectivity index (χ0) is 10.1. The van der Waals surface area contributed by atoms with E-state index in [4.69, 9.17) is 5.73 Å². The molecule has 0 aliphatic carbocycles. The van der Waals surface area contributed by atoms with Gasteiger partial charge in [0, 0.05) is 25.6 Å². The number of hydrogen-bond acceptors (Lipinski definition) is 2. The van der Waals surface area contributed by atoms with Gasteiger partial charge in [0.1, 0.15) is 0 Å². The summed E-state index contributed by atoms with van der Waals surface area (Å²) in [4.78, 5) is 13.5. The predicted octanol–water partition coefficient (Wildman–Crippen LogP) is 0.982. The molecule has 0 aromatic carbocycles. The minimum absolute atomic E-state index is 0.0174. The molecule has 1 aliphatic heterocycles. The van der Waals surface area contributed by atoms with Crippen molar-refractivity contribution < 1.29 is 4.79 Å². The van der Waals surface area contributed by atoms with E-state index < -0.39 is 0 Å². The van der Waals surface area contributed by atoms with Crippen molar-refractivity contribution >= 4 is 5.91 Å². The summed E-state index contributed by atoms with van der Waals surface area (Å²) in [6.45, 7) is 8.06. The molecule has 0 spiro atoms. The van der Waals surface area contributed by atoms with Gasteiger partial charge in [-0.2, -0.15) is 0 Å². The van der Waals surface area contributed by atoms with Crippen molar-refractivity contribution in [1.82, 2.24) is 4.90 Å². The molecule has 13 heavy (non-hydrogen) atoms. The van der Waals surface area contributed by atoms with E-state index >= 15 is 0 Å². The Bertz CT molecular complexity index is 199. The normalized spacial score (nSPS) is 23.2. The SMILES string of the molecule is CC(N)CC(=O)N1CCC(C)(C)C1. The maximum Gasteiger partial charge on any atom is 0.224 e. The highest BCUT2D eigenvalue weighted by Gasteiger charge is 2.31. The van der Waals surface area contributed by atoms with E-state index in [2.05, 4.69) is 13.8 Å². The Balaban J connectivity index is 2.42. The Morgan fingerprint density at radius 1 is 1.62 bits per heavy atom. The number of rotatable bonds is 2. The van der Waals surface area contributed by atoms with Crippen molar-refractivity contribution in [3.63, 3.8) is 0 Å². The van der Waals surface area contributed by atoms with Crippen LogP contribution in [-0.4, -0.2) is 29.9 Å². The van der Waals surface area contributed by atoms with E-state index in [1.54, 1.807) is 0 Å². The van der Waals surface area contributed by atoms with E-state index in [0.29, 0.717) is 11.8 Å². The molecule has 0 bridgehead atoms. The Morgan fingerprint density at radius 2 is 2.23 bits per heavy atom. The van der Waals surface area contributed by atoms with Gasteiger partial charge >= 0.3 is 0 Å². The van der Waals surface area contributed by atoms with Crippen molar-refractivity contribution in [3.8, 4) is 0 Å². The zero-order valence-electron chi connectivity index (χ0n) is 8.84. The lowest BCUT2D eigenvalue weighted by Crippen LogP contribution is -2.34. The van der Waals surface area contributed by atoms with Gasteiger partial charge in [-0.15, -0.1) is 0 Å². The van der Waals surface area contributed by atoms with Gasteiger partial charge in [0.25, 0.3) is 0 Å². The van der Waals surface area contributed by atoms with Gasteiger partial charge in [-0.05, 0) is 18.8 Å². The summed E-state index contributed by atoms with van der Waals surface area (Å²) in [7, 11) is 0. The van der Waals surface area contributed by atoms with Crippen LogP contribution in [-0.2, 0) is 4.79 Å². The lowest BCUT2D eigenvalue weighted by molar-refractivity contribution is -0.130. The van der Waals surface area contributed by atoms with Crippen molar-refractivity contribution in [3.05, 3.63) is 0 Å². The molecular formula is C10H20N2O. The summed E-state index contributed by atoms with van der Waals surface area (Å²) in [5.74, 6) is 0.209. The summed E-state index contributed by atoms with van der Waals surface area (Å²) in [5, 5.41) is 0. The second kappa shape index (κ2) is 3.66. The van der Waals surface area contributed by atoms with Gasteiger partial charge in [0.15, 0.2) is 0 Å². The molecule has 3 nitrogen and oxygen atoms in total. The van der Waals surface area contributed by atoms with E-state index in [9.17, 15) is 4.79 Å². The van der Waals surface area contributed by atoms with E-state index in [-0.39, 0.29) is 11.9 Å². The minimum atomic E-state index is -0.0174. The van der Waals surface area contributed by atoms with Gasteiger partial charge in [-0.25, -0.2) is 0 Å². The molecular weight excluding hydrogens is 164 g/mol. The van der Waals surface area contributed by atoms with Gasteiger partial charge in [0.05, 0.1) is 0 Å². The molecule has 0 radical (unpaired) electrons. The van der Waals surface area contributed by atoms with Gasteiger partial charge in [0.2, 0.25) is 5.91 Å². The van der Waals surface area contributed by atoms with E-state index in [0.717, 1.165) is 19.5 Å². The third kappa shape index (κ3) is 2.99. The second-order valence-corrected chi connectivity index (χ2v) is 4.91. The molecule has 1 unspecified atom stereocenters. The van der Waals surface area contributed by atoms with E-state index in [1.165, 1.54) is 0 Å². The molecule has 1 amide bonds. The molecule has 1 saturated heterocycles. The minimum Gasteiger partial charge on any atom is -0.342 e. The molecule has 1 aliphatic rings. The van der Waals surface area contributed by atoms with E-state index in [1.807, 2.05) is 11.8 Å². The Kier molecular flexibility index (Phi) is 2.96. The second-order valence-electron chi connectivity index (χ2n) is 4.91. The first-order valence-electron chi connectivity index (χ1n) is 4.94. The van der Waals surface area contributed by atoms with Crippen LogP contribution in [0.3, 0.4) is 0 Å². The smallest absolute Gasteiger partial charge is 0.224 e. The number of carbonyl (C=O) groups is 1. The number of likely N-dealkylation sites (tertiary alicyclic amines) is 1. The topological polar surface area (TPSA) is 46.3 Å². The summed E-state index contributed by atoms with van der Waals surface area (Å²) < 4.78 is 0. The number of amides is 1. The van der Waals surface area contributed by atoms with Crippen LogP contribution in [0.5, 0.6) is 0 Å². The quantitative estimate of drug-likeness (QED) is 0.695. The van der Waals surface area contributed by atoms with Crippen LogP contribution in [0.25, 0.3) is 0 Å². The molecule has 1 atom stereocenters. The van der Waals surface area contributed by atoms with Gasteiger partial charge in [-0.1, -0.05) is 13.8 Å². The average Bonchev–Trinajstić information content (AvgIpc) is 2.28. The fourth-order valence-corrected chi connectivity index (χ4v) is 1.73. The maximum absolute atomic E-state index is 11.6. The van der Waals surface area contributed by atoms with Crippen LogP contribution in [0.1, 0.15) is 33.6 Å². The summed E-state index contributed by atoms with van der Waals surface area (Å²) >= 11 is 0. The van der Waals surface area contributed by atoms with Gasteiger partial charge < -0.3 is 10.6 Å². The van der Waals surface area contributed by atoms with Crippen molar-refractivity contribution in [1.29, 1.82) is 0 Å². The number of carbonyl (C=O) groups excluding carboxylic acids is 1. The van der Waals surface area contributed by atoms with Crippen LogP contribution in [0.2, 0.25) is 0 Å². The Morgan fingerprint density at radius 3 is 2.62 bits per heavy atom. The molecule has 76 valence electrons. The Hall–Kier alpha value is -0.570. The first-order chi connectivity index (χ1) is 5.91. The fraction of sp³-hybridized carbons (Fsp3) is 0.900. The number of nitrogens with two attached hydrogens (primary N) is 1. The summed E-state index contributed by atoms with van der Waals surface area (Å²) in [5.41, 5.74) is 5.88. The van der Waals surface area contributed by atoms with Crippen LogP contribution in [0, 0.1) is 5.41 Å². The summed E-state index contributed by atoms with van der Waals surface area (Å²) in [6.07, 6.45) is 1.59. The highest BCUT2D eigenvalue weighted by atomic mass is 16.2. The number of nitrogens with zero attached hydrogens (tertiary/aromatic N) is 1. The highest BCUT2D eigenvalue weighted by Crippen LogP contribution is 2.28. The largest absolute Gasteiger partial charge is 0.342 e. The number of hydrogen-bond donors (Lipinski definition) is 1. The van der Waals surface area contributed by atoms with Crippen LogP contribution in [0.15, 0.2) is 0 Å². The molecule has 1 fully saturated rings. The lowest BCUT2D eigenvalue weighted by Gasteiger charge is -2.20. The van der Waals surface area contributed by atoms with Crippen molar-refractivity contribution in [2.24, 2.45) is 11.1 Å². The van der Waals surface area contributed by atoms with Crippen LogP contribution >= 0.6 is 0 Å². The Labute approximate surface area is 80.3 Å². The first kappa shape index (κ1) is 10.5. The molecule has 1 rings (SSSR count). The first-order valence-corrected chi connectivity index (χ1v) is 4.94. The summed E-state index contributed by atoms with van der Waals surface area (Å²) in [6, 6.07) is -0.0174. The average molecular weight is 184 g/mol. The monoisotopic (exact) mass is 184 g/mol. The standard InChI is InChI=1S/C10H20N2O/c1-8(11)6-9(13)12-5-4-10(2,3)7-12/h8H,4-7,11H2,1-3H3. The lowest BCUT2D eigenvalue weighted by atomic mass is 9.93. The molecule has 2 N–H and O–H groups in total. The van der Waals surface area contributed by atoms with Crippen LogP contribution in [0.4, 0.5) is 0 Å². The highest BCUT2D eigenvalue weighted by molar-refractivity contribution is 5.77. The molecule has 0 aromatic rings. The third-order valence-electron chi connectivity index (χ3n) is 2.53. The van der Waals surface area contributed by atoms with Gasteiger partial charge in [-0.3, -0.25) is 4.79 Å². The zero-order valence-corrected chi connectivity index (χ0v) is 8.84. The molecule has 3 heteroatoms. The fourth-order valence-electron chi connectivity index (χ4n) is 1.73. The molecule has 1 heterocycles. The van der Waals surface area contributed by atoms with Crippen LogP contribution < -0.4 is 5.73 Å². The maximum atomic E-state index is 11.6. The molecule has 0 saturated carbocycles. The van der Waals surface area contributed by atoms with Crippen molar-refractivity contribution in [2.75, 3.05) is 13.1 Å². The molecule has 0 aromatic heterocycles. The van der Waals surface area contributed by atoms with Crippen molar-refractivity contribution in [2.45, 2.75) is 39.7 Å².